The fourth-order valence-corrected chi connectivity index (χ4v) is 2.40. The first-order valence-corrected chi connectivity index (χ1v) is 7.09. The van der Waals surface area contributed by atoms with Gasteiger partial charge in [-0.2, -0.15) is 0 Å². The van der Waals surface area contributed by atoms with Crippen molar-refractivity contribution in [1.29, 1.82) is 0 Å². The van der Waals surface area contributed by atoms with Gasteiger partial charge in [0.1, 0.15) is 11.9 Å². The SMILES string of the molecule is Cc1cc(C)cc(OC(c2ccc(Cl)cc2)C(C)N)c1. The minimum atomic E-state index is -0.187. The maximum absolute atomic E-state index is 6.10. The van der Waals surface area contributed by atoms with Crippen LogP contribution < -0.4 is 10.5 Å². The first-order chi connectivity index (χ1) is 9.45. The Morgan fingerprint density at radius 3 is 2.05 bits per heavy atom. The Labute approximate surface area is 125 Å². The van der Waals surface area contributed by atoms with Crippen LogP contribution in [0.5, 0.6) is 5.75 Å². The van der Waals surface area contributed by atoms with E-state index in [2.05, 4.69) is 19.9 Å². The summed E-state index contributed by atoms with van der Waals surface area (Å²) in [6.07, 6.45) is -0.187. The minimum Gasteiger partial charge on any atom is -0.484 e. The van der Waals surface area contributed by atoms with E-state index >= 15 is 0 Å². The van der Waals surface area contributed by atoms with Crippen molar-refractivity contribution >= 4 is 11.6 Å². The van der Waals surface area contributed by atoms with E-state index in [1.165, 1.54) is 11.1 Å². The van der Waals surface area contributed by atoms with E-state index in [1.807, 2.05) is 43.3 Å². The molecule has 3 heteroatoms. The molecule has 2 rings (SSSR count). The first kappa shape index (κ1) is 14.9. The highest BCUT2D eigenvalue weighted by atomic mass is 35.5. The molecule has 0 aliphatic rings. The lowest BCUT2D eigenvalue weighted by molar-refractivity contribution is 0.180. The van der Waals surface area contributed by atoms with Crippen LogP contribution in [-0.2, 0) is 0 Å². The standard InChI is InChI=1S/C17H20ClNO/c1-11-8-12(2)10-16(9-11)20-17(13(3)19)14-4-6-15(18)7-5-14/h4-10,13,17H,19H2,1-3H3. The van der Waals surface area contributed by atoms with E-state index in [0.29, 0.717) is 5.02 Å². The van der Waals surface area contributed by atoms with Gasteiger partial charge in [0.15, 0.2) is 0 Å². The third-order valence-corrected chi connectivity index (χ3v) is 3.39. The summed E-state index contributed by atoms with van der Waals surface area (Å²) in [7, 11) is 0. The van der Waals surface area contributed by atoms with Crippen LogP contribution in [0.25, 0.3) is 0 Å². The van der Waals surface area contributed by atoms with Gasteiger partial charge in [-0.15, -0.1) is 0 Å². The lowest BCUT2D eigenvalue weighted by Crippen LogP contribution is -2.29. The molecule has 0 fully saturated rings. The van der Waals surface area contributed by atoms with Crippen LogP contribution in [0.3, 0.4) is 0 Å². The van der Waals surface area contributed by atoms with Crippen LogP contribution in [0.15, 0.2) is 42.5 Å². The highest BCUT2D eigenvalue weighted by Gasteiger charge is 2.18. The Morgan fingerprint density at radius 2 is 1.55 bits per heavy atom. The van der Waals surface area contributed by atoms with Crippen molar-refractivity contribution in [1.82, 2.24) is 0 Å². The van der Waals surface area contributed by atoms with Crippen molar-refractivity contribution in [3.05, 3.63) is 64.2 Å². The monoisotopic (exact) mass is 289 g/mol. The quantitative estimate of drug-likeness (QED) is 0.904. The lowest BCUT2D eigenvalue weighted by atomic mass is 10.0. The normalized spacial score (nSPS) is 13.8. The largest absolute Gasteiger partial charge is 0.484 e. The van der Waals surface area contributed by atoms with Gasteiger partial charge < -0.3 is 10.5 Å². The van der Waals surface area contributed by atoms with Gasteiger partial charge in [-0.3, -0.25) is 0 Å². The van der Waals surface area contributed by atoms with Crippen molar-refractivity contribution < 1.29 is 4.74 Å². The van der Waals surface area contributed by atoms with Gasteiger partial charge in [0.05, 0.1) is 0 Å². The van der Waals surface area contributed by atoms with Crippen molar-refractivity contribution in [2.24, 2.45) is 5.73 Å². The number of rotatable bonds is 4. The van der Waals surface area contributed by atoms with Gasteiger partial charge in [0.25, 0.3) is 0 Å². The number of hydrogen-bond donors (Lipinski definition) is 1. The van der Waals surface area contributed by atoms with Crippen LogP contribution in [-0.4, -0.2) is 6.04 Å². The number of benzene rings is 2. The van der Waals surface area contributed by atoms with Crippen LogP contribution in [0.4, 0.5) is 0 Å². The summed E-state index contributed by atoms with van der Waals surface area (Å²) in [6.45, 7) is 6.06. The first-order valence-electron chi connectivity index (χ1n) is 6.71. The van der Waals surface area contributed by atoms with E-state index in [-0.39, 0.29) is 12.1 Å². The maximum atomic E-state index is 6.10. The predicted molar refractivity (Wildman–Crippen MR) is 84.4 cm³/mol. The second-order valence-electron chi connectivity index (χ2n) is 5.27. The summed E-state index contributed by atoms with van der Waals surface area (Å²) in [5.41, 5.74) is 9.46. The molecule has 0 aromatic heterocycles. The fourth-order valence-electron chi connectivity index (χ4n) is 2.28. The van der Waals surface area contributed by atoms with Crippen molar-refractivity contribution in [2.45, 2.75) is 32.9 Å². The lowest BCUT2D eigenvalue weighted by Gasteiger charge is -2.23. The van der Waals surface area contributed by atoms with E-state index in [0.717, 1.165) is 11.3 Å². The van der Waals surface area contributed by atoms with Gasteiger partial charge in [0.2, 0.25) is 0 Å². The molecule has 2 aromatic carbocycles. The second-order valence-corrected chi connectivity index (χ2v) is 5.71. The summed E-state index contributed by atoms with van der Waals surface area (Å²) in [6, 6.07) is 13.7. The van der Waals surface area contributed by atoms with E-state index < -0.39 is 0 Å². The molecular weight excluding hydrogens is 270 g/mol. The molecular formula is C17H20ClNO. The maximum Gasteiger partial charge on any atom is 0.138 e. The van der Waals surface area contributed by atoms with Gasteiger partial charge in [-0.1, -0.05) is 29.8 Å². The molecule has 0 aliphatic carbocycles. The second kappa shape index (κ2) is 6.29. The Kier molecular flexibility index (Phi) is 4.69. The van der Waals surface area contributed by atoms with E-state index in [4.69, 9.17) is 22.1 Å². The Bertz CT molecular complexity index is 558. The average molecular weight is 290 g/mol. The third-order valence-electron chi connectivity index (χ3n) is 3.13. The Morgan fingerprint density at radius 1 is 1.00 bits per heavy atom. The van der Waals surface area contributed by atoms with E-state index in [1.54, 1.807) is 0 Å². The Hall–Kier alpha value is -1.51. The number of halogens is 1. The summed E-state index contributed by atoms with van der Waals surface area (Å²) in [4.78, 5) is 0. The molecule has 0 radical (unpaired) electrons. The van der Waals surface area contributed by atoms with Gasteiger partial charge >= 0.3 is 0 Å². The fraction of sp³-hybridized carbons (Fsp3) is 0.294. The zero-order chi connectivity index (χ0) is 14.7. The molecule has 0 aliphatic heterocycles. The van der Waals surface area contributed by atoms with Crippen molar-refractivity contribution in [2.75, 3.05) is 0 Å². The molecule has 106 valence electrons. The third kappa shape index (κ3) is 3.75. The summed E-state index contributed by atoms with van der Waals surface area (Å²) in [5, 5.41) is 0.712. The van der Waals surface area contributed by atoms with Crippen LogP contribution in [0.2, 0.25) is 5.02 Å². The molecule has 0 spiro atoms. The number of aryl methyl sites for hydroxylation is 2. The summed E-state index contributed by atoms with van der Waals surface area (Å²) < 4.78 is 6.10. The van der Waals surface area contributed by atoms with Gasteiger partial charge in [0, 0.05) is 11.1 Å². The zero-order valence-corrected chi connectivity index (χ0v) is 12.8. The number of nitrogens with two attached hydrogens (primary N) is 1. The zero-order valence-electron chi connectivity index (χ0n) is 12.1. The molecule has 2 aromatic rings. The highest BCUT2D eigenvalue weighted by Crippen LogP contribution is 2.26. The topological polar surface area (TPSA) is 35.2 Å². The van der Waals surface area contributed by atoms with Crippen LogP contribution >= 0.6 is 11.6 Å². The van der Waals surface area contributed by atoms with Crippen molar-refractivity contribution in [3.8, 4) is 5.75 Å². The molecule has 0 bridgehead atoms. The van der Waals surface area contributed by atoms with Crippen LogP contribution in [0.1, 0.15) is 29.7 Å². The molecule has 2 unspecified atom stereocenters. The molecule has 20 heavy (non-hydrogen) atoms. The molecule has 0 saturated carbocycles. The molecule has 0 amide bonds. The van der Waals surface area contributed by atoms with Crippen molar-refractivity contribution in [3.63, 3.8) is 0 Å². The molecule has 0 saturated heterocycles. The average Bonchev–Trinajstić information content (AvgIpc) is 2.36. The molecule has 2 atom stereocenters. The number of hydrogen-bond acceptors (Lipinski definition) is 2. The molecule has 2 nitrogen and oxygen atoms in total. The summed E-state index contributed by atoms with van der Waals surface area (Å²) in [5.74, 6) is 0.847. The summed E-state index contributed by atoms with van der Waals surface area (Å²) >= 11 is 5.93. The highest BCUT2D eigenvalue weighted by molar-refractivity contribution is 6.30. The van der Waals surface area contributed by atoms with Gasteiger partial charge in [-0.05, 0) is 61.7 Å². The van der Waals surface area contributed by atoms with Crippen LogP contribution in [0, 0.1) is 13.8 Å². The predicted octanol–water partition coefficient (Wildman–Crippen LogP) is 4.42. The van der Waals surface area contributed by atoms with E-state index in [9.17, 15) is 0 Å². The van der Waals surface area contributed by atoms with Gasteiger partial charge in [-0.25, -0.2) is 0 Å². The smallest absolute Gasteiger partial charge is 0.138 e. The Balaban J connectivity index is 2.27. The molecule has 0 heterocycles. The minimum absolute atomic E-state index is 0.114. The number of ether oxygens (including phenoxy) is 1. The molecule has 2 N–H and O–H groups in total.